The van der Waals surface area contributed by atoms with E-state index in [1.165, 1.54) is 12.1 Å². The first-order chi connectivity index (χ1) is 7.36. The van der Waals surface area contributed by atoms with Crippen LogP contribution in [-0.2, 0) is 11.2 Å². The predicted molar refractivity (Wildman–Crippen MR) is 64.9 cm³/mol. The summed E-state index contributed by atoms with van der Waals surface area (Å²) in [7, 11) is 1.55. The molecule has 1 unspecified atom stereocenters. The Hall–Kier alpha value is -0.450. The van der Waals surface area contributed by atoms with Crippen molar-refractivity contribution in [3.8, 4) is 0 Å². The largest absolute Gasteiger partial charge is 0.390 e. The molecule has 1 aromatic rings. The Bertz CT molecular complexity index is 366. The van der Waals surface area contributed by atoms with E-state index in [1.807, 2.05) is 0 Å². The quantitative estimate of drug-likeness (QED) is 0.924. The van der Waals surface area contributed by atoms with E-state index in [4.69, 9.17) is 4.74 Å². The van der Waals surface area contributed by atoms with Crippen molar-refractivity contribution in [3.63, 3.8) is 0 Å². The lowest BCUT2D eigenvalue weighted by atomic mass is 9.95. The summed E-state index contributed by atoms with van der Waals surface area (Å²) in [6.07, 6.45) is -0.338. The van der Waals surface area contributed by atoms with Gasteiger partial charge in [0.1, 0.15) is 5.82 Å². The summed E-state index contributed by atoms with van der Waals surface area (Å²) in [6, 6.07) is 4.43. The van der Waals surface area contributed by atoms with Crippen molar-refractivity contribution in [2.75, 3.05) is 7.11 Å². The third kappa shape index (κ3) is 3.27. The van der Waals surface area contributed by atoms with Gasteiger partial charge in [-0.1, -0.05) is 15.9 Å². The van der Waals surface area contributed by atoms with Crippen LogP contribution in [0.1, 0.15) is 19.4 Å². The first-order valence-electron chi connectivity index (χ1n) is 5.04. The molecule has 1 N–H and O–H groups in total. The summed E-state index contributed by atoms with van der Waals surface area (Å²) < 4.78 is 19.0. The number of ether oxygens (including phenoxy) is 1. The number of hydrogen-bond donors (Lipinski definition) is 1. The zero-order valence-corrected chi connectivity index (χ0v) is 11.2. The van der Waals surface area contributed by atoms with Crippen molar-refractivity contribution in [2.24, 2.45) is 0 Å². The molecule has 0 amide bonds. The Balaban J connectivity index is 2.84. The molecule has 16 heavy (non-hydrogen) atoms. The topological polar surface area (TPSA) is 29.5 Å². The van der Waals surface area contributed by atoms with E-state index < -0.39 is 11.7 Å². The van der Waals surface area contributed by atoms with E-state index in [-0.39, 0.29) is 5.82 Å². The lowest BCUT2D eigenvalue weighted by molar-refractivity contribution is -0.0765. The maximum atomic E-state index is 13.0. The van der Waals surface area contributed by atoms with Gasteiger partial charge in [-0.15, -0.1) is 0 Å². The molecule has 0 saturated heterocycles. The fourth-order valence-electron chi connectivity index (χ4n) is 1.29. The SMILES string of the molecule is COC(C)(C)C(O)Cc1cc(F)ccc1Br. The summed E-state index contributed by atoms with van der Waals surface area (Å²) >= 11 is 3.33. The fourth-order valence-corrected chi connectivity index (χ4v) is 1.70. The number of benzene rings is 1. The molecule has 90 valence electrons. The van der Waals surface area contributed by atoms with Crippen LogP contribution in [0.5, 0.6) is 0 Å². The van der Waals surface area contributed by atoms with Gasteiger partial charge >= 0.3 is 0 Å². The van der Waals surface area contributed by atoms with E-state index in [0.29, 0.717) is 6.42 Å². The van der Waals surface area contributed by atoms with Gasteiger partial charge < -0.3 is 9.84 Å². The van der Waals surface area contributed by atoms with Crippen LogP contribution in [0.3, 0.4) is 0 Å². The van der Waals surface area contributed by atoms with Crippen LogP contribution in [0.4, 0.5) is 4.39 Å². The normalized spacial score (nSPS) is 13.9. The second kappa shape index (κ2) is 5.25. The molecule has 0 radical (unpaired) electrons. The molecule has 0 spiro atoms. The molecule has 0 aromatic heterocycles. The molecule has 0 heterocycles. The van der Waals surface area contributed by atoms with Gasteiger partial charge in [0.05, 0.1) is 11.7 Å². The number of rotatable bonds is 4. The molecule has 1 aromatic carbocycles. The third-order valence-corrected chi connectivity index (χ3v) is 3.52. The van der Waals surface area contributed by atoms with Crippen LogP contribution in [0.15, 0.2) is 22.7 Å². The van der Waals surface area contributed by atoms with Crippen LogP contribution < -0.4 is 0 Å². The zero-order chi connectivity index (χ0) is 12.3. The summed E-state index contributed by atoms with van der Waals surface area (Å²) in [6.45, 7) is 3.59. The Morgan fingerprint density at radius 1 is 1.50 bits per heavy atom. The molecule has 1 atom stereocenters. The van der Waals surface area contributed by atoms with Gasteiger partial charge in [-0.3, -0.25) is 0 Å². The van der Waals surface area contributed by atoms with E-state index >= 15 is 0 Å². The van der Waals surface area contributed by atoms with E-state index in [9.17, 15) is 9.50 Å². The Morgan fingerprint density at radius 3 is 2.69 bits per heavy atom. The molecule has 0 saturated carbocycles. The minimum Gasteiger partial charge on any atom is -0.390 e. The van der Waals surface area contributed by atoms with Crippen molar-refractivity contribution < 1.29 is 14.2 Å². The smallest absolute Gasteiger partial charge is 0.123 e. The van der Waals surface area contributed by atoms with E-state index in [1.54, 1.807) is 27.0 Å². The summed E-state index contributed by atoms with van der Waals surface area (Å²) in [4.78, 5) is 0. The standard InChI is InChI=1S/C12H16BrFO2/c1-12(2,16-3)11(15)7-8-6-9(14)4-5-10(8)13/h4-6,11,15H,7H2,1-3H3. The van der Waals surface area contributed by atoms with E-state index in [0.717, 1.165) is 10.0 Å². The van der Waals surface area contributed by atoms with Gasteiger partial charge in [-0.2, -0.15) is 0 Å². The molecule has 4 heteroatoms. The van der Waals surface area contributed by atoms with Gasteiger partial charge in [0.25, 0.3) is 0 Å². The molecule has 1 rings (SSSR count). The van der Waals surface area contributed by atoms with Crippen molar-refractivity contribution in [1.29, 1.82) is 0 Å². The van der Waals surface area contributed by atoms with Crippen LogP contribution in [0, 0.1) is 5.82 Å². The van der Waals surface area contributed by atoms with Crippen molar-refractivity contribution in [2.45, 2.75) is 32.0 Å². The lowest BCUT2D eigenvalue weighted by Gasteiger charge is -2.29. The maximum absolute atomic E-state index is 13.0. The maximum Gasteiger partial charge on any atom is 0.123 e. The molecule has 0 bridgehead atoms. The van der Waals surface area contributed by atoms with Crippen LogP contribution in [0.25, 0.3) is 0 Å². The Morgan fingerprint density at radius 2 is 2.12 bits per heavy atom. The molecule has 0 fully saturated rings. The van der Waals surface area contributed by atoms with Crippen molar-refractivity contribution >= 4 is 15.9 Å². The fraction of sp³-hybridized carbons (Fsp3) is 0.500. The Labute approximate surface area is 104 Å². The van der Waals surface area contributed by atoms with Gasteiger partial charge in [0.2, 0.25) is 0 Å². The lowest BCUT2D eigenvalue weighted by Crippen LogP contribution is -2.39. The van der Waals surface area contributed by atoms with Gasteiger partial charge in [0.15, 0.2) is 0 Å². The average Bonchev–Trinajstić information content (AvgIpc) is 2.23. The third-order valence-electron chi connectivity index (χ3n) is 2.75. The highest BCUT2D eigenvalue weighted by Crippen LogP contribution is 2.23. The summed E-state index contributed by atoms with van der Waals surface area (Å²) in [5.41, 5.74) is 0.0868. The highest BCUT2D eigenvalue weighted by molar-refractivity contribution is 9.10. The molecule has 0 aliphatic rings. The second-order valence-electron chi connectivity index (χ2n) is 4.26. The van der Waals surface area contributed by atoms with Crippen LogP contribution >= 0.6 is 15.9 Å². The average molecular weight is 291 g/mol. The minimum atomic E-state index is -0.685. The highest BCUT2D eigenvalue weighted by Gasteiger charge is 2.27. The van der Waals surface area contributed by atoms with E-state index in [2.05, 4.69) is 15.9 Å². The minimum absolute atomic E-state index is 0.305. The first-order valence-corrected chi connectivity index (χ1v) is 5.83. The number of hydrogen-bond acceptors (Lipinski definition) is 2. The molecular formula is C12H16BrFO2. The van der Waals surface area contributed by atoms with Crippen LogP contribution in [0.2, 0.25) is 0 Å². The molecule has 2 nitrogen and oxygen atoms in total. The predicted octanol–water partition coefficient (Wildman–Crippen LogP) is 2.92. The second-order valence-corrected chi connectivity index (χ2v) is 5.12. The molecule has 0 aliphatic heterocycles. The number of aliphatic hydroxyl groups is 1. The van der Waals surface area contributed by atoms with Crippen LogP contribution in [-0.4, -0.2) is 23.9 Å². The summed E-state index contributed by atoms with van der Waals surface area (Å²) in [5, 5.41) is 9.98. The van der Waals surface area contributed by atoms with Gasteiger partial charge in [0, 0.05) is 18.0 Å². The highest BCUT2D eigenvalue weighted by atomic mass is 79.9. The van der Waals surface area contributed by atoms with Crippen molar-refractivity contribution in [1.82, 2.24) is 0 Å². The molecule has 0 aliphatic carbocycles. The molecular weight excluding hydrogens is 275 g/mol. The number of halogens is 2. The van der Waals surface area contributed by atoms with Gasteiger partial charge in [-0.05, 0) is 37.6 Å². The first kappa shape index (κ1) is 13.6. The summed E-state index contributed by atoms with van der Waals surface area (Å²) in [5.74, 6) is -0.305. The number of methoxy groups -OCH3 is 1. The Kier molecular flexibility index (Phi) is 4.47. The number of aliphatic hydroxyl groups excluding tert-OH is 1. The monoisotopic (exact) mass is 290 g/mol. The van der Waals surface area contributed by atoms with Crippen molar-refractivity contribution in [3.05, 3.63) is 34.1 Å². The van der Waals surface area contributed by atoms with Gasteiger partial charge in [-0.25, -0.2) is 4.39 Å². The zero-order valence-electron chi connectivity index (χ0n) is 9.63.